The third kappa shape index (κ3) is 5.43. The second-order valence-corrected chi connectivity index (χ2v) is 17.2. The molecule has 11 rings (SSSR count). The first-order valence-electron chi connectivity index (χ1n) is 23.8. The van der Waals surface area contributed by atoms with E-state index in [2.05, 4.69) is 94.6 Å². The Balaban J connectivity index is 1.30. The maximum Gasteiger partial charge on any atom is 0.240 e. The van der Waals surface area contributed by atoms with Crippen LogP contribution in [0.2, 0.25) is 0 Å². The standard InChI is InChI=1S/C53H44N6/c1-52(2,3)33-27-29-47-40(31-33)41-32-34(53(4,5)6)28-30-48(41)59(47)51-55-49(54-50(56-51)58-44-24-14-9-19-37(44)38-20-10-15-25-45(38)58)39-21-11-16-26-46(39)57-42-22-12-7-17-35(42)36-18-8-13-23-43(36)57/h7-32H,1-6H3/i7D,8D,12D,13D,17D,18D,22D,23D. The number of fused-ring (bicyclic) bond motifs is 9. The summed E-state index contributed by atoms with van der Waals surface area (Å²) in [5, 5.41) is 4.08. The van der Waals surface area contributed by atoms with Gasteiger partial charge in [0, 0.05) is 37.9 Å². The zero-order valence-electron chi connectivity index (χ0n) is 41.6. The normalized spacial score (nSPS) is 14.5. The van der Waals surface area contributed by atoms with E-state index in [0.717, 1.165) is 43.6 Å². The van der Waals surface area contributed by atoms with E-state index in [-0.39, 0.29) is 38.5 Å². The van der Waals surface area contributed by atoms with Gasteiger partial charge >= 0.3 is 0 Å². The van der Waals surface area contributed by atoms with Gasteiger partial charge in [-0.05, 0) is 82.6 Å². The van der Waals surface area contributed by atoms with Crippen molar-refractivity contribution in [3.63, 3.8) is 0 Å². The summed E-state index contributed by atoms with van der Waals surface area (Å²) in [7, 11) is 0. The highest BCUT2D eigenvalue weighted by Gasteiger charge is 2.25. The van der Waals surface area contributed by atoms with Crippen molar-refractivity contribution in [1.29, 1.82) is 0 Å². The summed E-state index contributed by atoms with van der Waals surface area (Å²) in [4.78, 5) is 16.0. The van der Waals surface area contributed by atoms with Crippen LogP contribution < -0.4 is 0 Å². The summed E-state index contributed by atoms with van der Waals surface area (Å²) >= 11 is 0. The number of nitrogens with zero attached hydrogens (tertiary/aromatic N) is 6. The molecule has 6 nitrogen and oxygen atoms in total. The van der Waals surface area contributed by atoms with Gasteiger partial charge in [-0.1, -0.05) is 138 Å². The third-order valence-corrected chi connectivity index (χ3v) is 11.5. The van der Waals surface area contributed by atoms with Crippen molar-refractivity contribution in [2.45, 2.75) is 52.4 Å². The summed E-state index contributed by atoms with van der Waals surface area (Å²) in [6, 6.07) is 32.8. The van der Waals surface area contributed by atoms with E-state index < -0.39 is 48.3 Å². The average Bonchev–Trinajstić information content (AvgIpc) is 3.97. The zero-order valence-corrected chi connectivity index (χ0v) is 33.6. The van der Waals surface area contributed by atoms with E-state index in [1.54, 1.807) is 12.1 Å². The van der Waals surface area contributed by atoms with Gasteiger partial charge in [-0.15, -0.1) is 0 Å². The molecule has 59 heavy (non-hydrogen) atoms. The molecule has 0 atom stereocenters. The minimum atomic E-state index is -0.509. The van der Waals surface area contributed by atoms with Gasteiger partial charge in [-0.2, -0.15) is 15.0 Å². The van der Waals surface area contributed by atoms with Gasteiger partial charge in [-0.3, -0.25) is 9.13 Å². The number of hydrogen-bond donors (Lipinski definition) is 0. The van der Waals surface area contributed by atoms with Crippen LogP contribution >= 0.6 is 0 Å². The minimum Gasteiger partial charge on any atom is -0.309 e. The van der Waals surface area contributed by atoms with Gasteiger partial charge in [0.05, 0.1) is 49.8 Å². The van der Waals surface area contributed by atoms with Crippen LogP contribution in [0.15, 0.2) is 158 Å². The fraction of sp³-hybridized carbons (Fsp3) is 0.151. The molecule has 11 aromatic rings. The van der Waals surface area contributed by atoms with Gasteiger partial charge in [-0.25, -0.2) is 0 Å². The monoisotopic (exact) mass is 772 g/mol. The van der Waals surface area contributed by atoms with E-state index in [9.17, 15) is 2.74 Å². The van der Waals surface area contributed by atoms with Gasteiger partial charge in [0.1, 0.15) is 0 Å². The molecule has 0 aliphatic heterocycles. The van der Waals surface area contributed by atoms with Crippen molar-refractivity contribution in [2.75, 3.05) is 0 Å². The Morgan fingerprint density at radius 2 is 0.847 bits per heavy atom. The first-order valence-corrected chi connectivity index (χ1v) is 19.8. The van der Waals surface area contributed by atoms with E-state index in [1.165, 1.54) is 15.7 Å². The lowest BCUT2D eigenvalue weighted by molar-refractivity contribution is 0.590. The number of rotatable bonds is 4. The summed E-state index contributed by atoms with van der Waals surface area (Å²) in [6.45, 7) is 13.2. The molecule has 0 bridgehead atoms. The number of aromatic nitrogens is 6. The molecule has 0 radical (unpaired) electrons. The highest BCUT2D eigenvalue weighted by atomic mass is 15.3. The quantitative estimate of drug-likeness (QED) is 0.179. The molecule has 0 saturated heterocycles. The Hall–Kier alpha value is -7.05. The van der Waals surface area contributed by atoms with Crippen molar-refractivity contribution in [3.05, 3.63) is 169 Å². The molecule has 7 aromatic carbocycles. The van der Waals surface area contributed by atoms with Crippen LogP contribution in [-0.4, -0.2) is 28.7 Å². The molecule has 286 valence electrons. The molecular weight excluding hydrogens is 721 g/mol. The van der Waals surface area contributed by atoms with Crippen LogP contribution in [0, 0.1) is 0 Å². The van der Waals surface area contributed by atoms with Crippen LogP contribution in [0.1, 0.15) is 63.6 Å². The summed E-state index contributed by atoms with van der Waals surface area (Å²) in [6.07, 6.45) is 0. The zero-order chi connectivity index (χ0) is 47.2. The topological polar surface area (TPSA) is 53.5 Å². The molecule has 0 aliphatic carbocycles. The van der Waals surface area contributed by atoms with Gasteiger partial charge in [0.15, 0.2) is 5.82 Å². The molecule has 4 aromatic heterocycles. The highest BCUT2D eigenvalue weighted by Crippen LogP contribution is 2.40. The number of benzene rings is 7. The lowest BCUT2D eigenvalue weighted by Gasteiger charge is -2.19. The van der Waals surface area contributed by atoms with Gasteiger partial charge in [0.2, 0.25) is 11.9 Å². The lowest BCUT2D eigenvalue weighted by atomic mass is 9.85. The molecule has 0 spiro atoms. The van der Waals surface area contributed by atoms with E-state index in [1.807, 2.05) is 53.1 Å². The van der Waals surface area contributed by atoms with Crippen molar-refractivity contribution >= 4 is 65.4 Å². The van der Waals surface area contributed by atoms with E-state index in [4.69, 9.17) is 23.2 Å². The predicted molar refractivity (Wildman–Crippen MR) is 246 cm³/mol. The Kier molecular flexibility index (Phi) is 5.94. The molecule has 0 unspecified atom stereocenters. The van der Waals surface area contributed by atoms with Crippen molar-refractivity contribution in [1.82, 2.24) is 28.7 Å². The predicted octanol–water partition coefficient (Wildman–Crippen LogP) is 13.4. The molecular formula is C53H44N6. The van der Waals surface area contributed by atoms with Crippen molar-refractivity contribution < 1.29 is 11.0 Å². The lowest BCUT2D eigenvalue weighted by Crippen LogP contribution is -2.12. The first kappa shape index (κ1) is 27.6. The smallest absolute Gasteiger partial charge is 0.240 e. The molecule has 0 saturated carbocycles. The SMILES string of the molecule is [2H]c1c([2H])c([2H])c2c(c1[2H])c1c([2H])c([2H])c([2H])c([2H])c1n2-c1ccccc1-c1nc(-n2c3ccccc3c3ccccc32)nc(-n2c3ccc(C(C)(C)C)cc3c3cc(C(C)(C)C)ccc32)n1. The van der Waals surface area contributed by atoms with E-state index in [0.29, 0.717) is 23.1 Å². The van der Waals surface area contributed by atoms with Crippen molar-refractivity contribution in [2.24, 2.45) is 0 Å². The van der Waals surface area contributed by atoms with Crippen LogP contribution in [0.25, 0.3) is 94.4 Å². The molecule has 0 fully saturated rings. The van der Waals surface area contributed by atoms with Crippen LogP contribution in [0.4, 0.5) is 0 Å². The maximum atomic E-state index is 9.27. The number of para-hydroxylation sites is 5. The van der Waals surface area contributed by atoms with Crippen LogP contribution in [-0.2, 0) is 10.8 Å². The Morgan fingerprint density at radius 3 is 1.36 bits per heavy atom. The highest BCUT2D eigenvalue weighted by molar-refractivity contribution is 6.11. The van der Waals surface area contributed by atoms with Crippen LogP contribution in [0.5, 0.6) is 0 Å². The minimum absolute atomic E-state index is 0.00375. The first-order chi connectivity index (χ1) is 31.9. The third-order valence-electron chi connectivity index (χ3n) is 11.5. The summed E-state index contributed by atoms with van der Waals surface area (Å²) < 4.78 is 77.1. The fourth-order valence-electron chi connectivity index (χ4n) is 8.50. The number of hydrogen-bond acceptors (Lipinski definition) is 3. The molecule has 6 heteroatoms. The van der Waals surface area contributed by atoms with Gasteiger partial charge in [0.25, 0.3) is 0 Å². The molecule has 0 N–H and O–H groups in total. The molecule has 0 amide bonds. The Bertz CT molecular complexity index is 3740. The Labute approximate surface area is 354 Å². The second-order valence-electron chi connectivity index (χ2n) is 17.2. The fourth-order valence-corrected chi connectivity index (χ4v) is 8.50. The Morgan fingerprint density at radius 1 is 0.407 bits per heavy atom. The summed E-state index contributed by atoms with van der Waals surface area (Å²) in [5.74, 6) is 0.877. The van der Waals surface area contributed by atoms with E-state index >= 15 is 0 Å². The van der Waals surface area contributed by atoms with Gasteiger partial charge < -0.3 is 4.57 Å². The van der Waals surface area contributed by atoms with Crippen LogP contribution in [0.3, 0.4) is 0 Å². The molecule has 4 heterocycles. The second kappa shape index (κ2) is 12.7. The summed E-state index contributed by atoms with van der Waals surface area (Å²) in [5.41, 5.74) is 6.41. The maximum absolute atomic E-state index is 9.27. The largest absolute Gasteiger partial charge is 0.309 e. The average molecular weight is 773 g/mol. The molecule has 0 aliphatic rings. The van der Waals surface area contributed by atoms with Crippen molar-refractivity contribution in [3.8, 4) is 29.0 Å².